The minimum atomic E-state index is -1.02. The predicted octanol–water partition coefficient (Wildman–Crippen LogP) is 0.905. The van der Waals surface area contributed by atoms with Crippen molar-refractivity contribution in [3.8, 4) is 0 Å². The van der Waals surface area contributed by atoms with Crippen molar-refractivity contribution in [3.63, 3.8) is 0 Å². The Morgan fingerprint density at radius 3 is 2.82 bits per heavy atom. The number of benzene rings is 1. The van der Waals surface area contributed by atoms with Gasteiger partial charge in [-0.15, -0.1) is 0 Å². The molecule has 0 atom stereocenters. The lowest BCUT2D eigenvalue weighted by atomic mass is 10.1. The molecule has 0 spiro atoms. The minimum absolute atomic E-state index is 0.126. The van der Waals surface area contributed by atoms with Gasteiger partial charge in [-0.25, -0.2) is 9.78 Å². The number of aromatic amines is 1. The van der Waals surface area contributed by atoms with E-state index in [2.05, 4.69) is 9.97 Å². The Hall–Kier alpha value is -2.08. The summed E-state index contributed by atoms with van der Waals surface area (Å²) >= 11 is 0. The van der Waals surface area contributed by atoms with Crippen LogP contribution < -0.4 is 5.73 Å². The highest BCUT2D eigenvalue weighted by Crippen LogP contribution is 2.21. The molecule has 4 N–H and O–H groups in total. The lowest BCUT2D eigenvalue weighted by Gasteiger charge is -2.04. The van der Waals surface area contributed by atoms with E-state index in [1.807, 2.05) is 19.0 Å². The smallest absolute Gasteiger partial charge is 0.338 e. The van der Waals surface area contributed by atoms with Crippen LogP contribution >= 0.6 is 0 Å². The van der Waals surface area contributed by atoms with Gasteiger partial charge in [-0.2, -0.15) is 0 Å². The third-order valence-electron chi connectivity index (χ3n) is 2.35. The second-order valence-electron chi connectivity index (χ2n) is 4.19. The standard InChI is InChI=1S/C11H14N4O2/c1-15(2)5-9-13-8-4-6(12)3-7(11(16)17)10(8)14-9/h3-4H,5,12H2,1-2H3,(H,13,14)(H,16,17). The van der Waals surface area contributed by atoms with E-state index >= 15 is 0 Å². The second-order valence-corrected chi connectivity index (χ2v) is 4.19. The topological polar surface area (TPSA) is 95.2 Å². The molecule has 0 saturated carbocycles. The van der Waals surface area contributed by atoms with Crippen molar-refractivity contribution >= 4 is 22.7 Å². The molecule has 0 aliphatic carbocycles. The van der Waals surface area contributed by atoms with Crippen LogP contribution in [0.25, 0.3) is 11.0 Å². The first-order chi connectivity index (χ1) is 7.97. The number of carbonyl (C=O) groups is 1. The Morgan fingerprint density at radius 1 is 1.53 bits per heavy atom. The Labute approximate surface area is 98.1 Å². The largest absolute Gasteiger partial charge is 0.478 e. The van der Waals surface area contributed by atoms with Gasteiger partial charge in [-0.3, -0.25) is 0 Å². The van der Waals surface area contributed by atoms with Gasteiger partial charge in [-0.1, -0.05) is 0 Å². The van der Waals surface area contributed by atoms with Gasteiger partial charge in [0.2, 0.25) is 0 Å². The first-order valence-electron chi connectivity index (χ1n) is 5.13. The maximum absolute atomic E-state index is 11.1. The fourth-order valence-electron chi connectivity index (χ4n) is 1.73. The highest BCUT2D eigenvalue weighted by Gasteiger charge is 2.14. The number of carboxylic acids is 1. The molecule has 0 radical (unpaired) electrons. The number of nitrogens with zero attached hydrogens (tertiary/aromatic N) is 2. The van der Waals surface area contributed by atoms with Gasteiger partial charge in [0.15, 0.2) is 0 Å². The predicted molar refractivity (Wildman–Crippen MR) is 64.9 cm³/mol. The zero-order valence-electron chi connectivity index (χ0n) is 9.69. The van der Waals surface area contributed by atoms with Gasteiger partial charge in [0.05, 0.1) is 17.6 Å². The Bertz CT molecular complexity index is 574. The van der Waals surface area contributed by atoms with Crippen molar-refractivity contribution in [3.05, 3.63) is 23.5 Å². The van der Waals surface area contributed by atoms with Gasteiger partial charge < -0.3 is 20.7 Å². The highest BCUT2D eigenvalue weighted by molar-refractivity contribution is 6.02. The maximum Gasteiger partial charge on any atom is 0.338 e. The number of hydrogen-bond donors (Lipinski definition) is 3. The molecule has 6 nitrogen and oxygen atoms in total. The van der Waals surface area contributed by atoms with Crippen molar-refractivity contribution < 1.29 is 9.90 Å². The van der Waals surface area contributed by atoms with Crippen LogP contribution in [0.15, 0.2) is 12.1 Å². The molecule has 17 heavy (non-hydrogen) atoms. The molecular formula is C11H14N4O2. The molecule has 2 aromatic rings. The second kappa shape index (κ2) is 4.06. The third-order valence-corrected chi connectivity index (χ3v) is 2.35. The molecule has 0 unspecified atom stereocenters. The van der Waals surface area contributed by atoms with Gasteiger partial charge in [0.25, 0.3) is 0 Å². The average Bonchev–Trinajstić information content (AvgIpc) is 2.56. The van der Waals surface area contributed by atoms with E-state index < -0.39 is 5.97 Å². The summed E-state index contributed by atoms with van der Waals surface area (Å²) < 4.78 is 0. The molecule has 6 heteroatoms. The van der Waals surface area contributed by atoms with Gasteiger partial charge in [0, 0.05) is 5.69 Å². The van der Waals surface area contributed by atoms with E-state index in [9.17, 15) is 4.79 Å². The van der Waals surface area contributed by atoms with Gasteiger partial charge in [0.1, 0.15) is 11.3 Å². The average molecular weight is 234 g/mol. The number of aromatic carboxylic acids is 1. The first-order valence-corrected chi connectivity index (χ1v) is 5.13. The number of imidazole rings is 1. The summed E-state index contributed by atoms with van der Waals surface area (Å²) in [7, 11) is 3.83. The minimum Gasteiger partial charge on any atom is -0.478 e. The summed E-state index contributed by atoms with van der Waals surface area (Å²) in [5, 5.41) is 9.08. The molecule has 1 aromatic heterocycles. The fraction of sp³-hybridized carbons (Fsp3) is 0.273. The molecular weight excluding hydrogens is 220 g/mol. The zero-order chi connectivity index (χ0) is 12.6. The van der Waals surface area contributed by atoms with Crippen LogP contribution in [0.5, 0.6) is 0 Å². The molecule has 2 rings (SSSR count). The Morgan fingerprint density at radius 2 is 2.24 bits per heavy atom. The van der Waals surface area contributed by atoms with Crippen molar-refractivity contribution in [1.29, 1.82) is 0 Å². The fourth-order valence-corrected chi connectivity index (χ4v) is 1.73. The Balaban J connectivity index is 2.59. The monoisotopic (exact) mass is 234 g/mol. The van der Waals surface area contributed by atoms with Crippen LogP contribution in [0.1, 0.15) is 16.2 Å². The number of aromatic nitrogens is 2. The van der Waals surface area contributed by atoms with Gasteiger partial charge >= 0.3 is 5.97 Å². The number of nitrogens with one attached hydrogen (secondary N) is 1. The SMILES string of the molecule is CN(C)Cc1nc2c(C(=O)O)cc(N)cc2[nH]1. The van der Waals surface area contributed by atoms with Crippen LogP contribution in [0.4, 0.5) is 5.69 Å². The maximum atomic E-state index is 11.1. The van der Waals surface area contributed by atoms with Crippen LogP contribution in [-0.4, -0.2) is 40.0 Å². The molecule has 1 aromatic carbocycles. The normalized spacial score (nSPS) is 11.2. The molecule has 90 valence electrons. The molecule has 0 fully saturated rings. The van der Waals surface area contributed by atoms with Crippen molar-refractivity contribution in [1.82, 2.24) is 14.9 Å². The number of nitrogen functional groups attached to an aromatic ring is 1. The number of nitrogens with two attached hydrogens (primary N) is 1. The van der Waals surface area contributed by atoms with Gasteiger partial charge in [-0.05, 0) is 26.2 Å². The Kier molecular flexibility index (Phi) is 2.72. The van der Waals surface area contributed by atoms with Crippen LogP contribution in [0.2, 0.25) is 0 Å². The first kappa shape index (κ1) is 11.4. The van der Waals surface area contributed by atoms with Crippen molar-refractivity contribution in [2.24, 2.45) is 0 Å². The molecule has 0 bridgehead atoms. The number of H-pyrrole nitrogens is 1. The van der Waals surface area contributed by atoms with Crippen molar-refractivity contribution in [2.75, 3.05) is 19.8 Å². The highest BCUT2D eigenvalue weighted by atomic mass is 16.4. The number of anilines is 1. The van der Waals surface area contributed by atoms with E-state index in [4.69, 9.17) is 10.8 Å². The van der Waals surface area contributed by atoms with Crippen molar-refractivity contribution in [2.45, 2.75) is 6.54 Å². The summed E-state index contributed by atoms with van der Waals surface area (Å²) in [5.74, 6) is -0.302. The quantitative estimate of drug-likeness (QED) is 0.686. The molecule has 0 aliphatic rings. The summed E-state index contributed by atoms with van der Waals surface area (Å²) in [6.45, 7) is 0.619. The van der Waals surface area contributed by atoms with E-state index in [1.54, 1.807) is 6.07 Å². The van der Waals surface area contributed by atoms with Crippen LogP contribution in [-0.2, 0) is 6.54 Å². The summed E-state index contributed by atoms with van der Waals surface area (Å²) in [6, 6.07) is 3.11. The molecule has 1 heterocycles. The van der Waals surface area contributed by atoms with E-state index in [0.717, 1.165) is 5.82 Å². The number of fused-ring (bicyclic) bond motifs is 1. The number of rotatable bonds is 3. The van der Waals surface area contributed by atoms with E-state index in [-0.39, 0.29) is 5.56 Å². The molecule has 0 amide bonds. The summed E-state index contributed by atoms with van der Waals surface area (Å²) in [4.78, 5) is 20.4. The van der Waals surface area contributed by atoms with Crippen LogP contribution in [0, 0.1) is 0 Å². The lowest BCUT2D eigenvalue weighted by molar-refractivity contribution is 0.0699. The molecule has 0 aliphatic heterocycles. The molecule has 0 saturated heterocycles. The number of carboxylic acid groups (broad SMARTS) is 1. The third kappa shape index (κ3) is 2.21. The number of hydrogen-bond acceptors (Lipinski definition) is 4. The lowest BCUT2D eigenvalue weighted by Crippen LogP contribution is -2.11. The van der Waals surface area contributed by atoms with E-state index in [0.29, 0.717) is 23.3 Å². The van der Waals surface area contributed by atoms with E-state index in [1.165, 1.54) is 6.07 Å². The summed E-state index contributed by atoms with van der Waals surface area (Å²) in [6.07, 6.45) is 0. The van der Waals surface area contributed by atoms with Crippen LogP contribution in [0.3, 0.4) is 0 Å². The summed E-state index contributed by atoms with van der Waals surface area (Å²) in [5.41, 5.74) is 7.29. The zero-order valence-corrected chi connectivity index (χ0v) is 9.69.